The molecule has 2 atom stereocenters. The van der Waals surface area contributed by atoms with Gasteiger partial charge in [-0.05, 0) is 37.4 Å². The van der Waals surface area contributed by atoms with Crippen molar-refractivity contribution in [1.82, 2.24) is 10.1 Å². The molecular weight excluding hydrogens is 184 g/mol. The van der Waals surface area contributed by atoms with Gasteiger partial charge < -0.3 is 4.52 Å². The minimum atomic E-state index is 0.329. The molecule has 1 aromatic heterocycles. The predicted octanol–water partition coefficient (Wildman–Crippen LogP) is 3.03. The van der Waals surface area contributed by atoms with Crippen LogP contribution in [0.2, 0.25) is 0 Å². The first-order chi connectivity index (χ1) is 6.29. The van der Waals surface area contributed by atoms with E-state index in [0.29, 0.717) is 10.8 Å². The van der Waals surface area contributed by atoms with Gasteiger partial charge in [0.25, 0.3) is 0 Å². The van der Waals surface area contributed by atoms with Gasteiger partial charge in [-0.1, -0.05) is 13.3 Å². The van der Waals surface area contributed by atoms with E-state index in [1.54, 1.807) is 0 Å². The third-order valence-electron chi connectivity index (χ3n) is 2.96. The van der Waals surface area contributed by atoms with Crippen LogP contribution in [0.4, 0.5) is 0 Å². The standard InChI is InChI=1S/C9H14N2OS/c1-2-6-3-4-7(5-6)8-10-9(13)12-11-8/h6-7H,2-5H2,1H3,(H,10,11,13). The van der Waals surface area contributed by atoms with Crippen molar-refractivity contribution in [3.05, 3.63) is 10.7 Å². The zero-order valence-corrected chi connectivity index (χ0v) is 8.56. The van der Waals surface area contributed by atoms with Crippen molar-refractivity contribution in [2.75, 3.05) is 0 Å². The van der Waals surface area contributed by atoms with Gasteiger partial charge in [0.2, 0.25) is 0 Å². The van der Waals surface area contributed by atoms with Crippen LogP contribution in [0.1, 0.15) is 44.3 Å². The highest BCUT2D eigenvalue weighted by molar-refractivity contribution is 7.71. The molecule has 1 aliphatic rings. The van der Waals surface area contributed by atoms with Gasteiger partial charge in [0.15, 0.2) is 0 Å². The minimum Gasteiger partial charge on any atom is -0.348 e. The van der Waals surface area contributed by atoms with Crippen LogP contribution in [0, 0.1) is 10.8 Å². The van der Waals surface area contributed by atoms with Crippen molar-refractivity contribution in [3.63, 3.8) is 0 Å². The highest BCUT2D eigenvalue weighted by Gasteiger charge is 2.26. The normalized spacial score (nSPS) is 28.1. The van der Waals surface area contributed by atoms with E-state index in [2.05, 4.69) is 17.1 Å². The highest BCUT2D eigenvalue weighted by Crippen LogP contribution is 2.38. The first-order valence-electron chi connectivity index (χ1n) is 4.85. The molecule has 2 rings (SSSR count). The molecule has 0 aliphatic heterocycles. The van der Waals surface area contributed by atoms with E-state index in [0.717, 1.165) is 11.7 Å². The van der Waals surface area contributed by atoms with Gasteiger partial charge in [0.1, 0.15) is 5.82 Å². The average molecular weight is 198 g/mol. The van der Waals surface area contributed by atoms with Gasteiger partial charge in [-0.3, -0.25) is 0 Å². The van der Waals surface area contributed by atoms with Crippen LogP contribution in [0.25, 0.3) is 0 Å². The van der Waals surface area contributed by atoms with Crippen LogP contribution in [-0.4, -0.2) is 10.1 Å². The largest absolute Gasteiger partial charge is 0.348 e. The monoisotopic (exact) mass is 198 g/mol. The summed E-state index contributed by atoms with van der Waals surface area (Å²) in [6.07, 6.45) is 5.04. The quantitative estimate of drug-likeness (QED) is 0.743. The van der Waals surface area contributed by atoms with Gasteiger partial charge in [-0.2, -0.15) is 4.98 Å². The van der Waals surface area contributed by atoms with Crippen molar-refractivity contribution >= 4 is 12.2 Å². The maximum atomic E-state index is 4.92. The Bertz CT molecular complexity index is 330. The lowest BCUT2D eigenvalue weighted by molar-refractivity contribution is 0.392. The van der Waals surface area contributed by atoms with Gasteiger partial charge in [0.05, 0.1) is 0 Å². The summed E-state index contributed by atoms with van der Waals surface area (Å²) in [5.41, 5.74) is 0. The molecule has 0 bridgehead atoms. The second-order valence-electron chi connectivity index (χ2n) is 3.75. The van der Waals surface area contributed by atoms with E-state index >= 15 is 0 Å². The molecule has 0 saturated heterocycles. The second kappa shape index (κ2) is 3.62. The first-order valence-corrected chi connectivity index (χ1v) is 5.25. The van der Waals surface area contributed by atoms with Crippen LogP contribution in [-0.2, 0) is 0 Å². The summed E-state index contributed by atoms with van der Waals surface area (Å²) < 4.78 is 4.92. The van der Waals surface area contributed by atoms with E-state index in [1.807, 2.05) is 0 Å². The molecule has 1 aromatic rings. The maximum Gasteiger partial charge on any atom is 0.314 e. The Morgan fingerprint density at radius 1 is 1.62 bits per heavy atom. The Hall–Kier alpha value is -0.640. The Morgan fingerprint density at radius 2 is 2.46 bits per heavy atom. The summed E-state index contributed by atoms with van der Waals surface area (Å²) in [5, 5.41) is 2.80. The minimum absolute atomic E-state index is 0.329. The van der Waals surface area contributed by atoms with Gasteiger partial charge in [0, 0.05) is 5.92 Å². The van der Waals surface area contributed by atoms with Gasteiger partial charge in [-0.15, -0.1) is 0 Å². The second-order valence-corrected chi connectivity index (χ2v) is 4.10. The van der Waals surface area contributed by atoms with Crippen molar-refractivity contribution in [2.45, 2.75) is 38.5 Å². The van der Waals surface area contributed by atoms with Crippen LogP contribution < -0.4 is 0 Å². The Balaban J connectivity index is 2.07. The Kier molecular flexibility index (Phi) is 2.49. The zero-order valence-electron chi connectivity index (χ0n) is 7.75. The summed E-state index contributed by atoms with van der Waals surface area (Å²) in [6.45, 7) is 2.25. The SMILES string of the molecule is CCC1CCC(c2nc(=S)o[nH]2)C1. The molecule has 1 saturated carbocycles. The molecule has 0 radical (unpaired) electrons. The molecule has 1 aliphatic carbocycles. The number of hydrogen-bond donors (Lipinski definition) is 1. The summed E-state index contributed by atoms with van der Waals surface area (Å²) in [4.78, 5) is 4.48. The maximum absolute atomic E-state index is 4.92. The van der Waals surface area contributed by atoms with Gasteiger partial charge >= 0.3 is 4.84 Å². The summed E-state index contributed by atoms with van der Waals surface area (Å²) in [6, 6.07) is 0. The third kappa shape index (κ3) is 1.82. The number of H-pyrrole nitrogens is 1. The van der Waals surface area contributed by atoms with Crippen molar-refractivity contribution in [2.24, 2.45) is 5.92 Å². The van der Waals surface area contributed by atoms with E-state index in [-0.39, 0.29) is 0 Å². The zero-order chi connectivity index (χ0) is 9.26. The van der Waals surface area contributed by atoms with Crippen LogP contribution in [0.5, 0.6) is 0 Å². The number of aromatic nitrogens is 2. The molecule has 72 valence electrons. The molecule has 1 fully saturated rings. The van der Waals surface area contributed by atoms with E-state index in [1.165, 1.54) is 25.7 Å². The van der Waals surface area contributed by atoms with Crippen molar-refractivity contribution in [3.8, 4) is 0 Å². The smallest absolute Gasteiger partial charge is 0.314 e. The molecule has 0 amide bonds. The van der Waals surface area contributed by atoms with Crippen LogP contribution >= 0.6 is 12.2 Å². The van der Waals surface area contributed by atoms with E-state index < -0.39 is 0 Å². The topological polar surface area (TPSA) is 41.8 Å². The lowest BCUT2D eigenvalue weighted by atomic mass is 10.0. The lowest BCUT2D eigenvalue weighted by Gasteiger charge is -2.04. The first kappa shape index (κ1) is 8.94. The van der Waals surface area contributed by atoms with Crippen LogP contribution in [0.3, 0.4) is 0 Å². The molecule has 3 nitrogen and oxygen atoms in total. The average Bonchev–Trinajstić information content (AvgIpc) is 2.71. The molecule has 4 heteroatoms. The van der Waals surface area contributed by atoms with Crippen molar-refractivity contribution in [1.29, 1.82) is 0 Å². The molecule has 1 heterocycles. The number of rotatable bonds is 2. The van der Waals surface area contributed by atoms with Gasteiger partial charge in [-0.25, -0.2) is 5.16 Å². The fourth-order valence-corrected chi connectivity index (χ4v) is 2.25. The molecular formula is C9H14N2OS. The third-order valence-corrected chi connectivity index (χ3v) is 3.13. The summed E-state index contributed by atoms with van der Waals surface area (Å²) in [5.74, 6) is 2.36. The summed E-state index contributed by atoms with van der Waals surface area (Å²) >= 11 is 4.82. The fraction of sp³-hybridized carbons (Fsp3) is 0.778. The molecule has 1 N–H and O–H groups in total. The van der Waals surface area contributed by atoms with Crippen LogP contribution in [0.15, 0.2) is 4.52 Å². The Labute approximate surface area is 82.5 Å². The Morgan fingerprint density at radius 3 is 3.00 bits per heavy atom. The lowest BCUT2D eigenvalue weighted by Crippen LogP contribution is -1.96. The molecule has 13 heavy (non-hydrogen) atoms. The number of aromatic amines is 1. The number of nitrogens with one attached hydrogen (secondary N) is 1. The highest BCUT2D eigenvalue weighted by atomic mass is 32.1. The summed E-state index contributed by atoms with van der Waals surface area (Å²) in [7, 11) is 0. The number of hydrogen-bond acceptors (Lipinski definition) is 3. The molecule has 0 aromatic carbocycles. The predicted molar refractivity (Wildman–Crippen MR) is 52.1 cm³/mol. The number of nitrogens with zero attached hydrogens (tertiary/aromatic N) is 1. The van der Waals surface area contributed by atoms with E-state index in [4.69, 9.17) is 16.7 Å². The fourth-order valence-electron chi connectivity index (χ4n) is 2.11. The van der Waals surface area contributed by atoms with E-state index in [9.17, 15) is 0 Å². The van der Waals surface area contributed by atoms with Crippen molar-refractivity contribution < 1.29 is 4.52 Å². The molecule has 0 spiro atoms. The molecule has 2 unspecified atom stereocenters.